The Morgan fingerprint density at radius 2 is 2.02 bits per heavy atom. The van der Waals surface area contributed by atoms with Crippen LogP contribution < -0.4 is 21.0 Å². The van der Waals surface area contributed by atoms with Crippen LogP contribution in [0, 0.1) is 5.82 Å². The van der Waals surface area contributed by atoms with Crippen LogP contribution >= 0.6 is 11.8 Å². The first-order valence-electron chi connectivity index (χ1n) is 14.1. The molecule has 1 aliphatic carbocycles. The number of benzene rings is 2. The molecule has 2 aromatic carbocycles. The van der Waals surface area contributed by atoms with Gasteiger partial charge in [0, 0.05) is 49.1 Å². The van der Waals surface area contributed by atoms with E-state index in [9.17, 15) is 4.79 Å². The van der Waals surface area contributed by atoms with Crippen LogP contribution in [0.3, 0.4) is 0 Å². The molecule has 1 amide bonds. The largest absolute Gasteiger partial charge is 0.365 e. The van der Waals surface area contributed by atoms with E-state index in [0.29, 0.717) is 24.8 Å². The standard InChI is InChI=1S/C30H33FN8OS/c1-18(2)39-17-32-36-28(39)30-35-26(16-41-30)34-29(40)21-12-25-24(13-22(21)31)37(14-19-6-4-3-5-7-19)11-10-27-33-23(15-38(25)27)20-8-9-20/h3-7,12-13,15-18,20,28,30,35-36H,8-11,14H2,1-2H3,(H,34,40). The Balaban J connectivity index is 1.16. The predicted octanol–water partition coefficient (Wildman–Crippen LogP) is 4.23. The lowest BCUT2D eigenvalue weighted by Gasteiger charge is -2.31. The molecular weight excluding hydrogens is 539 g/mol. The highest BCUT2D eigenvalue weighted by atomic mass is 32.2. The zero-order valence-electron chi connectivity index (χ0n) is 23.0. The van der Waals surface area contributed by atoms with Crippen LogP contribution in [0.2, 0.25) is 0 Å². The van der Waals surface area contributed by atoms with Gasteiger partial charge in [0.1, 0.15) is 35.3 Å². The van der Waals surface area contributed by atoms with Crippen molar-refractivity contribution < 1.29 is 9.18 Å². The average Bonchev–Trinajstić information content (AvgIpc) is 3.35. The Labute approximate surface area is 242 Å². The number of thioether (sulfide) groups is 1. The Kier molecular flexibility index (Phi) is 6.61. The second-order valence-electron chi connectivity index (χ2n) is 11.3. The zero-order valence-corrected chi connectivity index (χ0v) is 23.9. The van der Waals surface area contributed by atoms with Crippen LogP contribution in [-0.4, -0.2) is 50.8 Å². The molecule has 1 saturated carbocycles. The first kappa shape index (κ1) is 25.9. The fraction of sp³-hybridized carbons (Fsp3) is 0.367. The van der Waals surface area contributed by atoms with Gasteiger partial charge in [0.15, 0.2) is 0 Å². The molecule has 4 aliphatic rings. The molecule has 3 aliphatic heterocycles. The summed E-state index contributed by atoms with van der Waals surface area (Å²) in [7, 11) is 0. The van der Waals surface area contributed by atoms with E-state index in [1.165, 1.54) is 6.07 Å². The smallest absolute Gasteiger partial charge is 0.259 e. The number of anilines is 1. The van der Waals surface area contributed by atoms with Gasteiger partial charge in [-0.2, -0.15) is 5.10 Å². The van der Waals surface area contributed by atoms with E-state index >= 15 is 4.39 Å². The number of nitrogens with zero attached hydrogens (tertiary/aromatic N) is 5. The minimum Gasteiger partial charge on any atom is -0.365 e. The van der Waals surface area contributed by atoms with Crippen molar-refractivity contribution in [2.24, 2.45) is 5.10 Å². The number of nitrogens with one attached hydrogen (secondary N) is 3. The van der Waals surface area contributed by atoms with Crippen LogP contribution in [-0.2, 0) is 13.0 Å². The minimum absolute atomic E-state index is 0.000199. The molecule has 3 N–H and O–H groups in total. The van der Waals surface area contributed by atoms with Crippen molar-refractivity contribution in [2.75, 3.05) is 11.4 Å². The highest BCUT2D eigenvalue weighted by Gasteiger charge is 2.35. The second kappa shape index (κ2) is 10.4. The van der Waals surface area contributed by atoms with Crippen LogP contribution in [0.25, 0.3) is 5.69 Å². The number of hydrogen-bond acceptors (Lipinski definition) is 8. The summed E-state index contributed by atoms with van der Waals surface area (Å²) in [6.45, 7) is 5.54. The number of hydrogen-bond donors (Lipinski definition) is 3. The van der Waals surface area contributed by atoms with E-state index < -0.39 is 11.7 Å². The quantitative estimate of drug-likeness (QED) is 0.391. The highest BCUT2D eigenvalue weighted by Crippen LogP contribution is 2.41. The summed E-state index contributed by atoms with van der Waals surface area (Å²) in [6.07, 6.45) is 6.85. The van der Waals surface area contributed by atoms with Crippen molar-refractivity contribution in [3.8, 4) is 5.69 Å². The van der Waals surface area contributed by atoms with Gasteiger partial charge in [-0.25, -0.2) is 9.37 Å². The molecule has 41 heavy (non-hydrogen) atoms. The molecule has 4 heterocycles. The predicted molar refractivity (Wildman–Crippen MR) is 159 cm³/mol. The normalized spacial score (nSPS) is 21.2. The molecule has 0 radical (unpaired) electrons. The van der Waals surface area contributed by atoms with Crippen molar-refractivity contribution in [3.63, 3.8) is 0 Å². The first-order chi connectivity index (χ1) is 19.9. The lowest BCUT2D eigenvalue weighted by atomic mass is 10.1. The van der Waals surface area contributed by atoms with E-state index in [1.807, 2.05) is 23.6 Å². The number of rotatable bonds is 7. The van der Waals surface area contributed by atoms with Crippen molar-refractivity contribution in [3.05, 3.63) is 88.4 Å². The molecule has 0 saturated heterocycles. The van der Waals surface area contributed by atoms with Gasteiger partial charge >= 0.3 is 0 Å². The molecule has 3 aromatic rings. The summed E-state index contributed by atoms with van der Waals surface area (Å²) in [5, 5.41) is 12.2. The number of aromatic nitrogens is 2. The summed E-state index contributed by atoms with van der Waals surface area (Å²) < 4.78 is 17.8. The Hall–Kier alpha value is -3.99. The van der Waals surface area contributed by atoms with E-state index in [1.54, 1.807) is 24.2 Å². The van der Waals surface area contributed by atoms with Gasteiger partial charge in [-0.1, -0.05) is 30.3 Å². The summed E-state index contributed by atoms with van der Waals surface area (Å²) in [5.41, 5.74) is 6.89. The second-order valence-corrected chi connectivity index (χ2v) is 12.3. The summed E-state index contributed by atoms with van der Waals surface area (Å²) >= 11 is 1.55. The van der Waals surface area contributed by atoms with Gasteiger partial charge in [-0.05, 0) is 38.3 Å². The van der Waals surface area contributed by atoms with E-state index in [-0.39, 0.29) is 23.1 Å². The Bertz CT molecular complexity index is 1530. The molecule has 1 fully saturated rings. The number of hydrazone groups is 1. The topological polar surface area (TPSA) is 89.8 Å². The van der Waals surface area contributed by atoms with E-state index in [4.69, 9.17) is 4.98 Å². The van der Waals surface area contributed by atoms with E-state index in [0.717, 1.165) is 47.7 Å². The van der Waals surface area contributed by atoms with Gasteiger partial charge in [0.25, 0.3) is 5.91 Å². The van der Waals surface area contributed by atoms with Crippen molar-refractivity contribution in [1.82, 2.24) is 30.5 Å². The van der Waals surface area contributed by atoms with Crippen LogP contribution in [0.1, 0.15) is 60.0 Å². The first-order valence-corrected chi connectivity index (χ1v) is 15.1. The molecule has 7 rings (SSSR count). The third-order valence-electron chi connectivity index (χ3n) is 8.00. The van der Waals surface area contributed by atoms with Crippen LogP contribution in [0.4, 0.5) is 10.1 Å². The van der Waals surface area contributed by atoms with Crippen molar-refractivity contribution in [2.45, 2.75) is 63.2 Å². The molecular formula is C30H33FN8OS. The summed E-state index contributed by atoms with van der Waals surface area (Å²) in [4.78, 5) is 22.7. The van der Waals surface area contributed by atoms with Gasteiger partial charge in [0.2, 0.25) is 0 Å². The molecule has 0 spiro atoms. The SMILES string of the molecule is CC(C)N1C=NNC1C1NC(NC(=O)c2cc3c(cc2F)N(Cc2ccccc2)CCc2nc(C4CC4)cn2-3)=CS1. The molecule has 9 nitrogen and oxygen atoms in total. The average molecular weight is 573 g/mol. The molecule has 2 unspecified atom stereocenters. The van der Waals surface area contributed by atoms with Crippen molar-refractivity contribution >= 4 is 29.7 Å². The Morgan fingerprint density at radius 1 is 1.20 bits per heavy atom. The lowest BCUT2D eigenvalue weighted by molar-refractivity contribution is 0.0958. The van der Waals surface area contributed by atoms with Crippen LogP contribution in [0.15, 0.2) is 65.0 Å². The summed E-state index contributed by atoms with van der Waals surface area (Å²) in [5.74, 6) is 0.942. The number of carbonyl (C=O) groups is 1. The Morgan fingerprint density at radius 3 is 2.80 bits per heavy atom. The molecule has 2 atom stereocenters. The maximum atomic E-state index is 15.7. The zero-order chi connectivity index (χ0) is 28.1. The maximum Gasteiger partial charge on any atom is 0.259 e. The number of imidazole rings is 1. The monoisotopic (exact) mass is 572 g/mol. The minimum atomic E-state index is -0.551. The third-order valence-corrected chi connectivity index (χ3v) is 9.05. The maximum absolute atomic E-state index is 15.7. The molecule has 0 bridgehead atoms. The van der Waals surface area contributed by atoms with Gasteiger partial charge in [-0.3, -0.25) is 10.2 Å². The van der Waals surface area contributed by atoms with Gasteiger partial charge < -0.3 is 25.0 Å². The van der Waals surface area contributed by atoms with Crippen molar-refractivity contribution in [1.29, 1.82) is 0 Å². The third kappa shape index (κ3) is 5.03. The number of amides is 1. The van der Waals surface area contributed by atoms with Crippen LogP contribution in [0.5, 0.6) is 0 Å². The highest BCUT2D eigenvalue weighted by molar-refractivity contribution is 8.03. The van der Waals surface area contributed by atoms with Gasteiger partial charge in [-0.15, -0.1) is 11.8 Å². The lowest BCUT2D eigenvalue weighted by Crippen LogP contribution is -2.52. The molecule has 1 aromatic heterocycles. The molecule has 11 heteroatoms. The number of halogens is 1. The number of fused-ring (bicyclic) bond motifs is 3. The van der Waals surface area contributed by atoms with Gasteiger partial charge in [0.05, 0.1) is 22.6 Å². The summed E-state index contributed by atoms with van der Waals surface area (Å²) in [6, 6.07) is 13.6. The fourth-order valence-electron chi connectivity index (χ4n) is 5.66. The van der Waals surface area contributed by atoms with E-state index in [2.05, 4.69) is 67.7 Å². The number of carbonyl (C=O) groups excluding carboxylic acids is 1. The fourth-order valence-corrected chi connectivity index (χ4v) is 6.61. The molecule has 212 valence electrons.